The lowest BCUT2D eigenvalue weighted by atomic mass is 10.1. The number of piperazine rings is 1. The molecule has 1 N–H and O–H groups in total. The van der Waals surface area contributed by atoms with Crippen molar-refractivity contribution in [2.75, 3.05) is 38.0 Å². The Labute approximate surface area is 170 Å². The van der Waals surface area contributed by atoms with E-state index in [1.54, 1.807) is 4.90 Å². The Balaban J connectivity index is 1.53. The maximum absolute atomic E-state index is 13.9. The van der Waals surface area contributed by atoms with Crippen LogP contribution in [0.15, 0.2) is 46.9 Å². The summed E-state index contributed by atoms with van der Waals surface area (Å²) in [6.07, 6.45) is 0. The van der Waals surface area contributed by atoms with E-state index in [-0.39, 0.29) is 23.9 Å². The highest BCUT2D eigenvalue weighted by atomic mass is 79.9. The van der Waals surface area contributed by atoms with Crippen molar-refractivity contribution in [3.63, 3.8) is 0 Å². The molecule has 0 atom stereocenters. The summed E-state index contributed by atoms with van der Waals surface area (Å²) in [5, 5.41) is 3.18. The monoisotopic (exact) mass is 453 g/mol. The molecule has 0 aromatic heterocycles. The highest BCUT2D eigenvalue weighted by Crippen LogP contribution is 2.21. The SMILES string of the molecule is O=C(CN1CCN(C(=O)c2cc(Cl)ccc2F)CC1)Nc1ccccc1Br. The third kappa shape index (κ3) is 5.06. The van der Waals surface area contributed by atoms with Crippen molar-refractivity contribution in [2.24, 2.45) is 0 Å². The van der Waals surface area contributed by atoms with Crippen LogP contribution in [-0.4, -0.2) is 54.3 Å². The van der Waals surface area contributed by atoms with Gasteiger partial charge in [-0.15, -0.1) is 0 Å². The molecule has 0 bridgehead atoms. The van der Waals surface area contributed by atoms with E-state index in [0.717, 1.165) is 4.47 Å². The van der Waals surface area contributed by atoms with Crippen LogP contribution in [0.1, 0.15) is 10.4 Å². The molecule has 0 saturated carbocycles. The van der Waals surface area contributed by atoms with Gasteiger partial charge in [-0.25, -0.2) is 4.39 Å². The molecule has 27 heavy (non-hydrogen) atoms. The van der Waals surface area contributed by atoms with Gasteiger partial charge in [-0.05, 0) is 46.3 Å². The van der Waals surface area contributed by atoms with Crippen molar-refractivity contribution in [3.8, 4) is 0 Å². The number of hydrogen-bond donors (Lipinski definition) is 1. The van der Waals surface area contributed by atoms with Crippen LogP contribution in [0, 0.1) is 5.82 Å². The van der Waals surface area contributed by atoms with E-state index < -0.39 is 5.82 Å². The van der Waals surface area contributed by atoms with Crippen LogP contribution in [0.4, 0.5) is 10.1 Å². The maximum atomic E-state index is 13.9. The summed E-state index contributed by atoms with van der Waals surface area (Å²) in [5.41, 5.74) is 0.690. The molecule has 1 aliphatic rings. The van der Waals surface area contributed by atoms with E-state index in [9.17, 15) is 14.0 Å². The second-order valence-corrected chi connectivity index (χ2v) is 7.51. The van der Waals surface area contributed by atoms with Gasteiger partial charge in [0.1, 0.15) is 5.82 Å². The van der Waals surface area contributed by atoms with Gasteiger partial charge in [0.05, 0.1) is 17.8 Å². The zero-order chi connectivity index (χ0) is 19.4. The van der Waals surface area contributed by atoms with Gasteiger partial charge in [0.15, 0.2) is 0 Å². The summed E-state index contributed by atoms with van der Waals surface area (Å²) < 4.78 is 14.7. The third-order valence-electron chi connectivity index (χ3n) is 4.33. The normalized spacial score (nSPS) is 14.9. The smallest absolute Gasteiger partial charge is 0.256 e. The topological polar surface area (TPSA) is 52.7 Å². The molecule has 142 valence electrons. The largest absolute Gasteiger partial charge is 0.336 e. The predicted molar refractivity (Wildman–Crippen MR) is 107 cm³/mol. The Morgan fingerprint density at radius 1 is 1.11 bits per heavy atom. The Hall–Kier alpha value is -1.96. The fraction of sp³-hybridized carbons (Fsp3) is 0.263. The van der Waals surface area contributed by atoms with Gasteiger partial charge in [-0.2, -0.15) is 0 Å². The molecule has 1 aliphatic heterocycles. The van der Waals surface area contributed by atoms with Crippen molar-refractivity contribution in [3.05, 3.63) is 63.3 Å². The van der Waals surface area contributed by atoms with Crippen molar-refractivity contribution >= 4 is 45.0 Å². The zero-order valence-corrected chi connectivity index (χ0v) is 16.8. The number of nitrogens with one attached hydrogen (secondary N) is 1. The van der Waals surface area contributed by atoms with Crippen molar-refractivity contribution < 1.29 is 14.0 Å². The summed E-state index contributed by atoms with van der Waals surface area (Å²) in [7, 11) is 0. The standard InChI is InChI=1S/C19H18BrClFN3O2/c20-15-3-1-2-4-17(15)23-18(26)12-24-7-9-25(10-8-24)19(27)14-11-13(21)5-6-16(14)22/h1-6,11H,7-10,12H2,(H,23,26). The van der Waals surface area contributed by atoms with E-state index in [2.05, 4.69) is 21.2 Å². The highest BCUT2D eigenvalue weighted by molar-refractivity contribution is 9.10. The first-order valence-corrected chi connectivity index (χ1v) is 9.62. The number of amides is 2. The highest BCUT2D eigenvalue weighted by Gasteiger charge is 2.25. The number of para-hydroxylation sites is 1. The van der Waals surface area contributed by atoms with Gasteiger partial charge in [-0.3, -0.25) is 14.5 Å². The van der Waals surface area contributed by atoms with E-state index in [1.165, 1.54) is 18.2 Å². The van der Waals surface area contributed by atoms with E-state index in [1.807, 2.05) is 29.2 Å². The second kappa shape index (κ2) is 8.82. The molecule has 5 nitrogen and oxygen atoms in total. The Morgan fingerprint density at radius 2 is 1.81 bits per heavy atom. The Bertz CT molecular complexity index is 857. The number of halogens is 3. The minimum atomic E-state index is -0.584. The van der Waals surface area contributed by atoms with Crippen LogP contribution < -0.4 is 5.32 Å². The van der Waals surface area contributed by atoms with E-state index in [0.29, 0.717) is 36.9 Å². The van der Waals surface area contributed by atoms with Gasteiger partial charge in [0.25, 0.3) is 5.91 Å². The summed E-state index contributed by atoms with van der Waals surface area (Å²) in [5.74, 6) is -1.09. The van der Waals surface area contributed by atoms with Crippen molar-refractivity contribution in [2.45, 2.75) is 0 Å². The molecule has 0 spiro atoms. The van der Waals surface area contributed by atoms with Crippen LogP contribution in [0.3, 0.4) is 0 Å². The quantitative estimate of drug-likeness (QED) is 0.767. The van der Waals surface area contributed by atoms with Crippen molar-refractivity contribution in [1.29, 1.82) is 0 Å². The van der Waals surface area contributed by atoms with Gasteiger partial charge in [-0.1, -0.05) is 23.7 Å². The molecular weight excluding hydrogens is 437 g/mol. The van der Waals surface area contributed by atoms with Crippen LogP contribution in [0.25, 0.3) is 0 Å². The summed E-state index contributed by atoms with van der Waals surface area (Å²) >= 11 is 9.26. The molecule has 3 rings (SSSR count). The molecular formula is C19H18BrClFN3O2. The molecule has 8 heteroatoms. The summed E-state index contributed by atoms with van der Waals surface area (Å²) in [6, 6.07) is 11.3. The molecule has 0 unspecified atom stereocenters. The number of hydrogen-bond acceptors (Lipinski definition) is 3. The van der Waals surface area contributed by atoms with Crippen LogP contribution in [0.2, 0.25) is 5.02 Å². The van der Waals surface area contributed by atoms with Crippen LogP contribution in [0.5, 0.6) is 0 Å². The van der Waals surface area contributed by atoms with E-state index in [4.69, 9.17) is 11.6 Å². The molecule has 1 saturated heterocycles. The number of carbonyl (C=O) groups is 2. The van der Waals surface area contributed by atoms with Gasteiger partial charge < -0.3 is 10.2 Å². The number of rotatable bonds is 4. The lowest BCUT2D eigenvalue weighted by molar-refractivity contribution is -0.117. The average Bonchev–Trinajstić information content (AvgIpc) is 2.65. The second-order valence-electron chi connectivity index (χ2n) is 6.22. The number of nitrogens with zero attached hydrogens (tertiary/aromatic N) is 2. The Morgan fingerprint density at radius 3 is 2.52 bits per heavy atom. The third-order valence-corrected chi connectivity index (χ3v) is 5.26. The number of carbonyl (C=O) groups excluding carboxylic acids is 2. The fourth-order valence-corrected chi connectivity index (χ4v) is 3.45. The minimum absolute atomic E-state index is 0.0254. The lowest BCUT2D eigenvalue weighted by Crippen LogP contribution is -2.50. The lowest BCUT2D eigenvalue weighted by Gasteiger charge is -2.34. The zero-order valence-electron chi connectivity index (χ0n) is 14.4. The fourth-order valence-electron chi connectivity index (χ4n) is 2.90. The molecule has 2 aromatic rings. The first-order chi connectivity index (χ1) is 12.9. The molecule has 0 radical (unpaired) electrons. The minimum Gasteiger partial charge on any atom is -0.336 e. The average molecular weight is 455 g/mol. The van der Waals surface area contributed by atoms with Crippen molar-refractivity contribution in [1.82, 2.24) is 9.80 Å². The number of benzene rings is 2. The molecule has 0 aliphatic carbocycles. The molecule has 2 aromatic carbocycles. The summed E-state index contributed by atoms with van der Waals surface area (Å²) in [4.78, 5) is 28.3. The first-order valence-electron chi connectivity index (χ1n) is 8.45. The summed E-state index contributed by atoms with van der Waals surface area (Å²) in [6.45, 7) is 2.16. The predicted octanol–water partition coefficient (Wildman–Crippen LogP) is 3.64. The van der Waals surface area contributed by atoms with Crippen LogP contribution >= 0.6 is 27.5 Å². The van der Waals surface area contributed by atoms with Gasteiger partial charge in [0, 0.05) is 35.7 Å². The van der Waals surface area contributed by atoms with E-state index >= 15 is 0 Å². The Kier molecular flexibility index (Phi) is 6.46. The number of anilines is 1. The molecule has 1 fully saturated rings. The first kappa shape index (κ1) is 19.8. The molecule has 2 amide bonds. The van der Waals surface area contributed by atoms with Gasteiger partial charge in [0.2, 0.25) is 5.91 Å². The molecule has 1 heterocycles. The van der Waals surface area contributed by atoms with Gasteiger partial charge >= 0.3 is 0 Å². The maximum Gasteiger partial charge on any atom is 0.256 e. The van der Waals surface area contributed by atoms with Crippen LogP contribution in [-0.2, 0) is 4.79 Å².